The number of carbonyl (C=O) groups excluding carboxylic acids is 2. The van der Waals surface area contributed by atoms with Crippen LogP contribution in [0.3, 0.4) is 0 Å². The standard InChI is InChI=1S/C21H22Cl3N3O3/c1-3-19(28)27-8-6-26(7-9-27)18-5-4-13(22)12-17(18)25-21(29)15-10-14(23)11-16(24)20(15)30-2/h4-5,10-12H,3,6-9H2,1-2H3,(H,25,29). The molecule has 0 saturated carbocycles. The fourth-order valence-corrected chi connectivity index (χ4v) is 4.17. The van der Waals surface area contributed by atoms with Crippen LogP contribution in [-0.2, 0) is 4.79 Å². The Morgan fingerprint density at radius 3 is 2.37 bits per heavy atom. The third kappa shape index (κ3) is 4.94. The van der Waals surface area contributed by atoms with Gasteiger partial charge in [0.2, 0.25) is 5.91 Å². The van der Waals surface area contributed by atoms with Crippen LogP contribution in [0.1, 0.15) is 23.7 Å². The third-order valence-corrected chi connectivity index (χ3v) is 5.67. The van der Waals surface area contributed by atoms with Gasteiger partial charge in [0.25, 0.3) is 5.91 Å². The number of carbonyl (C=O) groups is 2. The van der Waals surface area contributed by atoms with Gasteiger partial charge in [0.15, 0.2) is 0 Å². The van der Waals surface area contributed by atoms with Crippen LogP contribution >= 0.6 is 34.8 Å². The number of hydrogen-bond acceptors (Lipinski definition) is 4. The number of amides is 2. The Morgan fingerprint density at radius 2 is 1.73 bits per heavy atom. The summed E-state index contributed by atoms with van der Waals surface area (Å²) in [7, 11) is 1.44. The van der Waals surface area contributed by atoms with Gasteiger partial charge < -0.3 is 19.9 Å². The average molecular weight is 471 g/mol. The van der Waals surface area contributed by atoms with Gasteiger partial charge in [0.1, 0.15) is 5.75 Å². The van der Waals surface area contributed by atoms with Gasteiger partial charge in [-0.25, -0.2) is 0 Å². The van der Waals surface area contributed by atoms with Crippen LogP contribution in [0, 0.1) is 0 Å². The smallest absolute Gasteiger partial charge is 0.259 e. The van der Waals surface area contributed by atoms with Crippen LogP contribution in [0.5, 0.6) is 5.75 Å². The molecule has 1 fully saturated rings. The Hall–Kier alpha value is -2.15. The fourth-order valence-electron chi connectivity index (χ4n) is 3.43. The summed E-state index contributed by atoms with van der Waals surface area (Å²) in [6.45, 7) is 4.42. The molecule has 1 aliphatic heterocycles. The summed E-state index contributed by atoms with van der Waals surface area (Å²) < 4.78 is 5.28. The highest BCUT2D eigenvalue weighted by atomic mass is 35.5. The zero-order valence-corrected chi connectivity index (χ0v) is 18.9. The predicted octanol–water partition coefficient (Wildman–Crippen LogP) is 4.97. The van der Waals surface area contributed by atoms with Gasteiger partial charge in [-0.1, -0.05) is 41.7 Å². The van der Waals surface area contributed by atoms with Crippen molar-refractivity contribution in [2.75, 3.05) is 43.5 Å². The van der Waals surface area contributed by atoms with Crippen molar-refractivity contribution in [3.8, 4) is 5.75 Å². The molecule has 6 nitrogen and oxygen atoms in total. The highest BCUT2D eigenvalue weighted by Gasteiger charge is 2.23. The van der Waals surface area contributed by atoms with Crippen LogP contribution in [0.2, 0.25) is 15.1 Å². The minimum absolute atomic E-state index is 0.143. The van der Waals surface area contributed by atoms with Crippen LogP contribution in [-0.4, -0.2) is 50.0 Å². The largest absolute Gasteiger partial charge is 0.494 e. The SMILES string of the molecule is CCC(=O)N1CCN(c2ccc(Cl)cc2NC(=O)c2cc(Cl)cc(Cl)c2OC)CC1. The number of methoxy groups -OCH3 is 1. The maximum absolute atomic E-state index is 13.0. The van der Waals surface area contributed by atoms with E-state index in [0.717, 1.165) is 5.69 Å². The summed E-state index contributed by atoms with van der Waals surface area (Å²) in [5.41, 5.74) is 1.60. The van der Waals surface area contributed by atoms with Gasteiger partial charge in [0.05, 0.1) is 29.1 Å². The Balaban J connectivity index is 1.85. The Bertz CT molecular complexity index is 960. The average Bonchev–Trinajstić information content (AvgIpc) is 2.73. The molecule has 2 aromatic carbocycles. The van der Waals surface area contributed by atoms with E-state index in [1.54, 1.807) is 12.1 Å². The first kappa shape index (κ1) is 22.5. The number of rotatable bonds is 5. The van der Waals surface area contributed by atoms with E-state index in [2.05, 4.69) is 10.2 Å². The minimum Gasteiger partial charge on any atom is -0.494 e. The molecule has 0 atom stereocenters. The zero-order chi connectivity index (χ0) is 21.8. The molecule has 1 aliphatic rings. The number of ether oxygens (including phenoxy) is 1. The van der Waals surface area contributed by atoms with Crippen molar-refractivity contribution in [2.24, 2.45) is 0 Å². The van der Waals surface area contributed by atoms with Crippen LogP contribution in [0.4, 0.5) is 11.4 Å². The first-order valence-corrected chi connectivity index (χ1v) is 10.6. The van der Waals surface area contributed by atoms with Crippen LogP contribution < -0.4 is 15.0 Å². The molecule has 160 valence electrons. The summed E-state index contributed by atoms with van der Waals surface area (Å²) >= 11 is 18.4. The molecular weight excluding hydrogens is 449 g/mol. The second-order valence-electron chi connectivity index (χ2n) is 6.81. The maximum Gasteiger partial charge on any atom is 0.259 e. The van der Waals surface area contributed by atoms with E-state index in [4.69, 9.17) is 39.5 Å². The van der Waals surface area contributed by atoms with E-state index < -0.39 is 5.91 Å². The van der Waals surface area contributed by atoms with Crippen molar-refractivity contribution < 1.29 is 14.3 Å². The highest BCUT2D eigenvalue weighted by Crippen LogP contribution is 2.35. The molecule has 9 heteroatoms. The lowest BCUT2D eigenvalue weighted by molar-refractivity contribution is -0.131. The molecule has 3 rings (SSSR count). The number of hydrogen-bond donors (Lipinski definition) is 1. The van der Waals surface area contributed by atoms with Crippen molar-refractivity contribution in [3.63, 3.8) is 0 Å². The lowest BCUT2D eigenvalue weighted by atomic mass is 10.1. The fraction of sp³-hybridized carbons (Fsp3) is 0.333. The normalized spacial score (nSPS) is 13.9. The number of halogens is 3. The minimum atomic E-state index is -0.417. The van der Waals surface area contributed by atoms with Gasteiger partial charge in [0, 0.05) is 42.6 Å². The molecule has 0 bridgehead atoms. The first-order valence-electron chi connectivity index (χ1n) is 9.50. The van der Waals surface area contributed by atoms with E-state index in [-0.39, 0.29) is 22.2 Å². The second-order valence-corrected chi connectivity index (χ2v) is 8.09. The molecule has 1 N–H and O–H groups in total. The van der Waals surface area contributed by atoms with Gasteiger partial charge in [-0.05, 0) is 30.3 Å². The van der Waals surface area contributed by atoms with Crippen molar-refractivity contribution in [3.05, 3.63) is 51.0 Å². The van der Waals surface area contributed by atoms with E-state index in [1.165, 1.54) is 19.2 Å². The lowest BCUT2D eigenvalue weighted by Crippen LogP contribution is -2.48. The topological polar surface area (TPSA) is 61.9 Å². The number of nitrogens with zero attached hydrogens (tertiary/aromatic N) is 2. The van der Waals surface area contributed by atoms with Crippen molar-refractivity contribution in [1.82, 2.24) is 4.90 Å². The van der Waals surface area contributed by atoms with Gasteiger partial charge >= 0.3 is 0 Å². The van der Waals surface area contributed by atoms with E-state index in [0.29, 0.717) is 48.3 Å². The zero-order valence-electron chi connectivity index (χ0n) is 16.7. The molecule has 0 radical (unpaired) electrons. The van der Waals surface area contributed by atoms with Crippen molar-refractivity contribution in [1.29, 1.82) is 0 Å². The van der Waals surface area contributed by atoms with Crippen LogP contribution in [0.15, 0.2) is 30.3 Å². The molecule has 0 spiro atoms. The number of anilines is 2. The quantitative estimate of drug-likeness (QED) is 0.670. The van der Waals surface area contributed by atoms with Gasteiger partial charge in [-0.15, -0.1) is 0 Å². The second kappa shape index (κ2) is 9.77. The molecule has 0 aliphatic carbocycles. The summed E-state index contributed by atoms with van der Waals surface area (Å²) in [5.74, 6) is -0.0300. The molecule has 0 aromatic heterocycles. The summed E-state index contributed by atoms with van der Waals surface area (Å²) in [5, 5.41) is 3.96. The molecular formula is C21H22Cl3N3O3. The van der Waals surface area contributed by atoms with E-state index >= 15 is 0 Å². The van der Waals surface area contributed by atoms with Gasteiger partial charge in [-0.3, -0.25) is 9.59 Å². The third-order valence-electron chi connectivity index (χ3n) is 4.94. The van der Waals surface area contributed by atoms with Crippen molar-refractivity contribution >= 4 is 58.0 Å². The van der Waals surface area contributed by atoms with E-state index in [9.17, 15) is 9.59 Å². The van der Waals surface area contributed by atoms with Gasteiger partial charge in [-0.2, -0.15) is 0 Å². The van der Waals surface area contributed by atoms with Crippen molar-refractivity contribution in [2.45, 2.75) is 13.3 Å². The molecule has 1 saturated heterocycles. The highest BCUT2D eigenvalue weighted by molar-refractivity contribution is 6.36. The first-order chi connectivity index (χ1) is 14.3. The molecule has 1 heterocycles. The number of benzene rings is 2. The number of nitrogens with one attached hydrogen (secondary N) is 1. The monoisotopic (exact) mass is 469 g/mol. The maximum atomic E-state index is 13.0. The summed E-state index contributed by atoms with van der Waals surface area (Å²) in [4.78, 5) is 28.9. The molecule has 0 unspecified atom stereocenters. The molecule has 2 aromatic rings. The molecule has 2 amide bonds. The Morgan fingerprint density at radius 1 is 1.03 bits per heavy atom. The lowest BCUT2D eigenvalue weighted by Gasteiger charge is -2.37. The Labute approximate surface area is 190 Å². The number of piperazine rings is 1. The summed E-state index contributed by atoms with van der Waals surface area (Å²) in [6, 6.07) is 8.34. The predicted molar refractivity (Wildman–Crippen MR) is 122 cm³/mol. The Kier molecular flexibility index (Phi) is 7.34. The molecule has 30 heavy (non-hydrogen) atoms. The van der Waals surface area contributed by atoms with E-state index in [1.807, 2.05) is 17.9 Å². The van der Waals surface area contributed by atoms with Crippen LogP contribution in [0.25, 0.3) is 0 Å². The summed E-state index contributed by atoms with van der Waals surface area (Å²) in [6.07, 6.45) is 0.492.